The molecule has 1 aromatic carbocycles. The Morgan fingerprint density at radius 3 is 2.54 bits per heavy atom. The van der Waals surface area contributed by atoms with Crippen molar-refractivity contribution >= 4 is 11.0 Å². The molecule has 1 N–H and O–H groups in total. The highest BCUT2D eigenvalue weighted by Crippen LogP contribution is 2.46. The van der Waals surface area contributed by atoms with Gasteiger partial charge in [0.05, 0.1) is 28.8 Å². The van der Waals surface area contributed by atoms with Crippen LogP contribution in [-0.4, -0.2) is 26.9 Å². The van der Waals surface area contributed by atoms with Gasteiger partial charge in [-0.25, -0.2) is 4.98 Å². The third-order valence-electron chi connectivity index (χ3n) is 4.92. The van der Waals surface area contributed by atoms with E-state index in [-0.39, 0.29) is 22.8 Å². The lowest BCUT2D eigenvalue weighted by atomic mass is 9.77. The van der Waals surface area contributed by atoms with E-state index in [9.17, 15) is 18.3 Å². The molecule has 26 heavy (non-hydrogen) atoms. The van der Waals surface area contributed by atoms with Crippen LogP contribution in [0.1, 0.15) is 57.5 Å². The normalized spacial score (nSPS) is 23.5. The van der Waals surface area contributed by atoms with Crippen LogP contribution >= 0.6 is 0 Å². The van der Waals surface area contributed by atoms with Crippen molar-refractivity contribution in [2.75, 3.05) is 6.61 Å². The minimum atomic E-state index is -4.51. The topological polar surface area (TPSA) is 47.3 Å². The number of alkyl halides is 3. The molecule has 1 heterocycles. The van der Waals surface area contributed by atoms with Crippen molar-refractivity contribution in [1.29, 1.82) is 0 Å². The number of aliphatic hydroxyl groups is 1. The molecule has 3 rings (SSSR count). The van der Waals surface area contributed by atoms with Crippen LogP contribution < -0.4 is 4.74 Å². The highest BCUT2D eigenvalue weighted by Gasteiger charge is 2.43. The number of hydrogen-bond acceptors (Lipinski definition) is 3. The average Bonchev–Trinajstić information content (AvgIpc) is 2.77. The van der Waals surface area contributed by atoms with Gasteiger partial charge in [0, 0.05) is 12.1 Å². The van der Waals surface area contributed by atoms with Gasteiger partial charge >= 0.3 is 6.18 Å². The standard InChI is InChI=1S/C19H25F3N2O2/c1-11(2)5-6-26-14-7-15(19(20,21)22)17-16(8-14)23-12(3)24(17)13-9-18(4,25)10-13/h7-8,11,13,25H,5-6,9-10H2,1-4H3/t13-,18-. The van der Waals surface area contributed by atoms with Crippen LogP contribution in [0.4, 0.5) is 13.2 Å². The SMILES string of the molecule is Cc1nc2cc(OCCC(C)C)cc(C(F)(F)F)c2n1[C@H]1C[C@](C)(O)C1. The summed E-state index contributed by atoms with van der Waals surface area (Å²) in [5.41, 5.74) is -1.21. The van der Waals surface area contributed by atoms with E-state index in [1.165, 1.54) is 0 Å². The summed E-state index contributed by atoms with van der Waals surface area (Å²) in [5.74, 6) is 1.12. The molecule has 0 amide bonds. The summed E-state index contributed by atoms with van der Waals surface area (Å²) >= 11 is 0. The zero-order valence-electron chi connectivity index (χ0n) is 15.5. The van der Waals surface area contributed by atoms with Crippen molar-refractivity contribution in [3.05, 3.63) is 23.5 Å². The van der Waals surface area contributed by atoms with E-state index in [2.05, 4.69) is 4.98 Å². The molecule has 0 aliphatic heterocycles. The first-order valence-electron chi connectivity index (χ1n) is 8.93. The molecule has 1 fully saturated rings. The molecule has 0 radical (unpaired) electrons. The van der Waals surface area contributed by atoms with Gasteiger partial charge in [-0.3, -0.25) is 0 Å². The summed E-state index contributed by atoms with van der Waals surface area (Å²) in [7, 11) is 0. The molecule has 1 saturated carbocycles. The Morgan fingerprint density at radius 1 is 1.35 bits per heavy atom. The van der Waals surface area contributed by atoms with E-state index in [1.807, 2.05) is 13.8 Å². The number of rotatable bonds is 5. The van der Waals surface area contributed by atoms with Gasteiger partial charge in [-0.1, -0.05) is 13.8 Å². The van der Waals surface area contributed by atoms with E-state index in [0.29, 0.717) is 31.2 Å². The number of ether oxygens (including phenoxy) is 1. The first-order chi connectivity index (χ1) is 12.0. The summed E-state index contributed by atoms with van der Waals surface area (Å²) < 4.78 is 48.4. The highest BCUT2D eigenvalue weighted by atomic mass is 19.4. The van der Waals surface area contributed by atoms with E-state index in [0.717, 1.165) is 12.5 Å². The number of aromatic nitrogens is 2. The largest absolute Gasteiger partial charge is 0.493 e. The first kappa shape index (κ1) is 19.0. The Hall–Kier alpha value is -1.76. The maximum absolute atomic E-state index is 13.7. The van der Waals surface area contributed by atoms with Gasteiger partial charge in [-0.15, -0.1) is 0 Å². The van der Waals surface area contributed by atoms with Gasteiger partial charge in [0.2, 0.25) is 0 Å². The number of nitrogens with zero attached hydrogens (tertiary/aromatic N) is 2. The molecule has 0 saturated heterocycles. The predicted octanol–water partition coefficient (Wildman–Crippen LogP) is 4.87. The number of halogens is 3. The molecule has 144 valence electrons. The van der Waals surface area contributed by atoms with E-state index < -0.39 is 17.3 Å². The Morgan fingerprint density at radius 2 is 2.00 bits per heavy atom. The molecule has 1 aliphatic rings. The summed E-state index contributed by atoms with van der Waals surface area (Å²) in [4.78, 5) is 4.34. The molecule has 1 aromatic heterocycles. The van der Waals surface area contributed by atoms with Crippen molar-refractivity contribution < 1.29 is 23.0 Å². The average molecular weight is 370 g/mol. The second-order valence-electron chi connectivity index (χ2n) is 7.96. The van der Waals surface area contributed by atoms with E-state index in [4.69, 9.17) is 4.74 Å². The Balaban J connectivity index is 2.04. The van der Waals surface area contributed by atoms with Crippen LogP contribution in [0, 0.1) is 12.8 Å². The minimum absolute atomic E-state index is 0.0757. The van der Waals surface area contributed by atoms with Crippen molar-refractivity contribution in [2.45, 2.75) is 64.8 Å². The lowest BCUT2D eigenvalue weighted by Crippen LogP contribution is -2.42. The maximum atomic E-state index is 13.7. The van der Waals surface area contributed by atoms with E-state index in [1.54, 1.807) is 24.5 Å². The van der Waals surface area contributed by atoms with Gasteiger partial charge in [0.15, 0.2) is 0 Å². The third-order valence-corrected chi connectivity index (χ3v) is 4.92. The molecular formula is C19H25F3N2O2. The van der Waals surface area contributed by atoms with Crippen LogP contribution in [0.15, 0.2) is 12.1 Å². The maximum Gasteiger partial charge on any atom is 0.418 e. The van der Waals surface area contributed by atoms with Crippen molar-refractivity contribution in [3.63, 3.8) is 0 Å². The number of imidazole rings is 1. The van der Waals surface area contributed by atoms with Gasteiger partial charge in [0.25, 0.3) is 0 Å². The van der Waals surface area contributed by atoms with Crippen LogP contribution in [-0.2, 0) is 6.18 Å². The summed E-state index contributed by atoms with van der Waals surface area (Å²) in [6.07, 6.45) is -2.90. The highest BCUT2D eigenvalue weighted by molar-refractivity contribution is 5.82. The third kappa shape index (κ3) is 3.68. The fourth-order valence-electron chi connectivity index (χ4n) is 3.62. The summed E-state index contributed by atoms with van der Waals surface area (Å²) in [6, 6.07) is 2.46. The molecule has 0 spiro atoms. The molecule has 1 aliphatic carbocycles. The summed E-state index contributed by atoms with van der Waals surface area (Å²) in [5, 5.41) is 9.98. The fourth-order valence-corrected chi connectivity index (χ4v) is 3.62. The number of fused-ring (bicyclic) bond motifs is 1. The number of aryl methyl sites for hydroxylation is 1. The number of hydrogen-bond donors (Lipinski definition) is 1. The van der Waals surface area contributed by atoms with Crippen LogP contribution in [0.5, 0.6) is 5.75 Å². The quantitative estimate of drug-likeness (QED) is 0.816. The zero-order chi connectivity index (χ0) is 19.3. The second-order valence-corrected chi connectivity index (χ2v) is 7.96. The van der Waals surface area contributed by atoms with Gasteiger partial charge < -0.3 is 14.4 Å². The molecule has 0 atom stereocenters. The zero-order valence-corrected chi connectivity index (χ0v) is 15.5. The molecule has 0 bridgehead atoms. The summed E-state index contributed by atoms with van der Waals surface area (Å²) in [6.45, 7) is 7.83. The van der Waals surface area contributed by atoms with Crippen molar-refractivity contribution in [3.8, 4) is 5.75 Å². The van der Waals surface area contributed by atoms with Crippen LogP contribution in [0.3, 0.4) is 0 Å². The monoisotopic (exact) mass is 370 g/mol. The second kappa shape index (κ2) is 6.44. The predicted molar refractivity (Wildman–Crippen MR) is 93.3 cm³/mol. The van der Waals surface area contributed by atoms with Gasteiger partial charge in [0.1, 0.15) is 11.6 Å². The fraction of sp³-hybridized carbons (Fsp3) is 0.632. The smallest absolute Gasteiger partial charge is 0.418 e. The Labute approximate surface area is 151 Å². The first-order valence-corrected chi connectivity index (χ1v) is 8.93. The van der Waals surface area contributed by atoms with E-state index >= 15 is 0 Å². The lowest BCUT2D eigenvalue weighted by Gasteiger charge is -2.42. The molecular weight excluding hydrogens is 345 g/mol. The van der Waals surface area contributed by atoms with Gasteiger partial charge in [-0.05, 0) is 45.1 Å². The van der Waals surface area contributed by atoms with Crippen LogP contribution in [0.2, 0.25) is 0 Å². The molecule has 2 aromatic rings. The molecule has 0 unspecified atom stereocenters. The minimum Gasteiger partial charge on any atom is -0.493 e. The Kier molecular flexibility index (Phi) is 4.71. The lowest BCUT2D eigenvalue weighted by molar-refractivity contribution is -0.136. The number of benzene rings is 1. The van der Waals surface area contributed by atoms with Crippen molar-refractivity contribution in [2.24, 2.45) is 5.92 Å². The van der Waals surface area contributed by atoms with Crippen molar-refractivity contribution in [1.82, 2.24) is 9.55 Å². The Bertz CT molecular complexity index is 801. The van der Waals surface area contributed by atoms with Crippen LogP contribution in [0.25, 0.3) is 11.0 Å². The van der Waals surface area contributed by atoms with Gasteiger partial charge in [-0.2, -0.15) is 13.2 Å². The molecule has 7 heteroatoms. The molecule has 4 nitrogen and oxygen atoms in total.